The van der Waals surface area contributed by atoms with Crippen molar-refractivity contribution < 1.29 is 0 Å². The summed E-state index contributed by atoms with van der Waals surface area (Å²) in [6, 6.07) is 64.2. The normalized spacial score (nSPS) is 12.1. The molecule has 0 unspecified atom stereocenters. The van der Waals surface area contributed by atoms with Crippen molar-refractivity contribution in [1.29, 1.82) is 10.5 Å². The Morgan fingerprint density at radius 1 is 0.406 bits per heavy atom. The third kappa shape index (κ3) is 5.83. The van der Waals surface area contributed by atoms with Crippen LogP contribution in [0.5, 0.6) is 0 Å². The molecule has 0 amide bonds. The van der Waals surface area contributed by atoms with Crippen molar-refractivity contribution in [3.63, 3.8) is 0 Å². The van der Waals surface area contributed by atoms with Gasteiger partial charge in [0.15, 0.2) is 0 Å². The van der Waals surface area contributed by atoms with Crippen LogP contribution in [0.1, 0.15) is 45.5 Å². The molecule has 5 heteroatoms. The molecule has 0 saturated carbocycles. The lowest BCUT2D eigenvalue weighted by molar-refractivity contribution is 0.953. The Bertz CT molecular complexity index is 3650. The molecule has 3 aromatic heterocycles. The van der Waals surface area contributed by atoms with E-state index in [1.165, 1.54) is 33.2 Å². The molecule has 1 aliphatic rings. The molecule has 64 heavy (non-hydrogen) atoms. The van der Waals surface area contributed by atoms with E-state index >= 15 is 0 Å². The first kappa shape index (κ1) is 38.5. The number of rotatable bonds is 4. The Labute approximate surface area is 372 Å². The van der Waals surface area contributed by atoms with Crippen LogP contribution in [0, 0.1) is 43.4 Å². The van der Waals surface area contributed by atoms with Gasteiger partial charge in [0.25, 0.3) is 0 Å². The first-order chi connectivity index (χ1) is 31.5. The molecule has 0 radical (unpaired) electrons. The molecule has 0 atom stereocenters. The number of aryl methyl sites for hydroxylation is 3. The van der Waals surface area contributed by atoms with Crippen LogP contribution in [-0.4, -0.2) is 13.7 Å². The van der Waals surface area contributed by atoms with Crippen LogP contribution in [0.2, 0.25) is 0 Å². The minimum atomic E-state index is 0.350. The van der Waals surface area contributed by atoms with Crippen molar-refractivity contribution in [3.05, 3.63) is 215 Å². The second-order valence-electron chi connectivity index (χ2n) is 16.7. The van der Waals surface area contributed by atoms with Gasteiger partial charge >= 0.3 is 0 Å². The first-order valence-corrected chi connectivity index (χ1v) is 21.9. The highest BCUT2D eigenvalue weighted by Crippen LogP contribution is 2.45. The summed E-state index contributed by atoms with van der Waals surface area (Å²) in [7, 11) is 0. The Hall–Kier alpha value is -8.38. The minimum Gasteiger partial charge on any atom is -0.308 e. The van der Waals surface area contributed by atoms with Crippen LogP contribution in [0.15, 0.2) is 176 Å². The molecule has 5 nitrogen and oxygen atoms in total. The maximum absolute atomic E-state index is 11.3. The zero-order chi connectivity index (χ0) is 43.5. The van der Waals surface area contributed by atoms with Gasteiger partial charge in [-0.25, -0.2) is 0 Å². The molecule has 1 aliphatic carbocycles. The third-order valence-electron chi connectivity index (χ3n) is 13.2. The lowest BCUT2D eigenvalue weighted by Crippen LogP contribution is -2.15. The summed E-state index contributed by atoms with van der Waals surface area (Å²) in [5.74, 6) is 0. The van der Waals surface area contributed by atoms with Crippen LogP contribution in [0.3, 0.4) is 0 Å². The lowest BCUT2D eigenvalue weighted by Gasteiger charge is -2.25. The van der Waals surface area contributed by atoms with Gasteiger partial charge in [0.1, 0.15) is 12.1 Å². The van der Waals surface area contributed by atoms with Crippen molar-refractivity contribution >= 4 is 60.6 Å². The smallest absolute Gasteiger partial charge is 0.103 e. The van der Waals surface area contributed by atoms with Gasteiger partial charge in [-0.05, 0) is 97.8 Å². The van der Waals surface area contributed by atoms with Crippen LogP contribution in [0.25, 0.3) is 88.8 Å². The molecular formula is C59H43N5. The van der Waals surface area contributed by atoms with Crippen molar-refractivity contribution in [3.8, 4) is 40.3 Å². The summed E-state index contributed by atoms with van der Waals surface area (Å²) in [5, 5.41) is 28.1. The van der Waals surface area contributed by atoms with E-state index in [2.05, 4.69) is 204 Å². The molecule has 3 heterocycles. The average Bonchev–Trinajstić information content (AvgIpc) is 3.98. The Kier molecular flexibility index (Phi) is 9.34. The zero-order valence-corrected chi connectivity index (χ0v) is 36.0. The van der Waals surface area contributed by atoms with Gasteiger partial charge in [-0.1, -0.05) is 146 Å². The number of nitrogens with zero attached hydrogens (tertiary/aromatic N) is 5. The van der Waals surface area contributed by atoms with Gasteiger partial charge in [-0.15, -0.1) is 0 Å². The van der Waals surface area contributed by atoms with Crippen LogP contribution in [0.4, 0.5) is 0 Å². The quantitative estimate of drug-likeness (QED) is 0.177. The highest BCUT2D eigenvalue weighted by atomic mass is 15.1. The molecule has 0 spiro atoms. The first-order valence-electron chi connectivity index (χ1n) is 21.9. The van der Waals surface area contributed by atoms with Crippen molar-refractivity contribution in [2.45, 2.75) is 33.6 Å². The molecule has 11 aromatic rings. The Morgan fingerprint density at radius 2 is 0.781 bits per heavy atom. The fourth-order valence-electron chi connectivity index (χ4n) is 10.3. The van der Waals surface area contributed by atoms with E-state index in [1.807, 2.05) is 24.3 Å². The van der Waals surface area contributed by atoms with Gasteiger partial charge in [-0.2, -0.15) is 10.5 Å². The number of allylic oxidation sites excluding steroid dienone is 1. The number of fused-ring (bicyclic) bond motifs is 9. The number of hydrogen-bond donors (Lipinski definition) is 0. The summed E-state index contributed by atoms with van der Waals surface area (Å²) >= 11 is 0. The van der Waals surface area contributed by atoms with E-state index in [1.54, 1.807) is 0 Å². The topological polar surface area (TPSA) is 62.4 Å². The molecule has 0 aliphatic heterocycles. The van der Waals surface area contributed by atoms with Gasteiger partial charge in [0, 0.05) is 38.2 Å². The second kappa shape index (κ2) is 15.5. The van der Waals surface area contributed by atoms with Crippen LogP contribution >= 0.6 is 0 Å². The highest BCUT2D eigenvalue weighted by molar-refractivity contribution is 6.12. The molecule has 8 aromatic carbocycles. The van der Waals surface area contributed by atoms with Crippen LogP contribution in [-0.2, 0) is 6.42 Å². The van der Waals surface area contributed by atoms with E-state index in [0.29, 0.717) is 16.8 Å². The largest absolute Gasteiger partial charge is 0.308 e. The average molecular weight is 822 g/mol. The van der Waals surface area contributed by atoms with Gasteiger partial charge in [-0.3, -0.25) is 0 Å². The minimum absolute atomic E-state index is 0.350. The highest BCUT2D eigenvalue weighted by Gasteiger charge is 2.31. The summed E-state index contributed by atoms with van der Waals surface area (Å²) < 4.78 is 6.77. The van der Waals surface area contributed by atoms with Crippen molar-refractivity contribution in [2.75, 3.05) is 0 Å². The Morgan fingerprint density at radius 3 is 1.23 bits per heavy atom. The molecule has 0 N–H and O–H groups in total. The van der Waals surface area contributed by atoms with E-state index in [0.717, 1.165) is 84.6 Å². The monoisotopic (exact) mass is 821 g/mol. The predicted octanol–water partition coefficient (Wildman–Crippen LogP) is 14.8. The Balaban J connectivity index is 0.000000278. The van der Waals surface area contributed by atoms with Crippen LogP contribution < -0.4 is 0 Å². The summed E-state index contributed by atoms with van der Waals surface area (Å²) in [6.45, 7) is 6.44. The molecule has 0 fully saturated rings. The fraction of sp³-hybridized carbons (Fsp3) is 0.0847. The summed E-state index contributed by atoms with van der Waals surface area (Å²) in [5.41, 5.74) is 16.8. The van der Waals surface area contributed by atoms with Gasteiger partial charge < -0.3 is 13.7 Å². The standard InChI is InChI=1S/C45H29N5.C14H14/c1-28-43(48-37-20-8-2-14-29(37)30-15-3-9-21-38(30)48)35(26-46)36(27-47)45(50-41-24-12-6-18-33(41)34-19-7-13-25-42(34)50)44(28)49-39-22-10-4-16-31(39)32-17-5-11-23-40(32)49;1-11-7-3-5-9-13(11)14-10-6-4-8-12(14)2/h2-4,6-16,18-25H,5,17H2,1H3;3-10H,1-2H3. The lowest BCUT2D eigenvalue weighted by atomic mass is 9.96. The van der Waals surface area contributed by atoms with E-state index in [4.69, 9.17) is 0 Å². The maximum atomic E-state index is 11.3. The number of nitriles is 2. The number of benzene rings is 8. The molecule has 0 saturated heterocycles. The summed E-state index contributed by atoms with van der Waals surface area (Å²) in [6.07, 6.45) is 6.39. The molecule has 0 bridgehead atoms. The third-order valence-corrected chi connectivity index (χ3v) is 13.2. The summed E-state index contributed by atoms with van der Waals surface area (Å²) in [4.78, 5) is 0. The number of hydrogen-bond acceptors (Lipinski definition) is 2. The number of para-hydroxylation sites is 5. The molecule has 304 valence electrons. The molecular weight excluding hydrogens is 779 g/mol. The fourth-order valence-corrected chi connectivity index (χ4v) is 10.3. The van der Waals surface area contributed by atoms with E-state index in [9.17, 15) is 10.5 Å². The van der Waals surface area contributed by atoms with Gasteiger partial charge in [0.05, 0.1) is 55.8 Å². The second-order valence-corrected chi connectivity index (χ2v) is 16.7. The zero-order valence-electron chi connectivity index (χ0n) is 36.0. The maximum Gasteiger partial charge on any atom is 0.103 e. The predicted molar refractivity (Wildman–Crippen MR) is 265 cm³/mol. The van der Waals surface area contributed by atoms with Gasteiger partial charge in [0.2, 0.25) is 0 Å². The van der Waals surface area contributed by atoms with E-state index < -0.39 is 0 Å². The van der Waals surface area contributed by atoms with Crippen molar-refractivity contribution in [1.82, 2.24) is 13.7 Å². The SMILES string of the molecule is Cc1c(-n2c3c(c4ccccc42)CCC=C3)c(-n2c3ccccc3c3ccccc32)c(C#N)c(C#N)c1-n1c2ccccc2c2ccccc21.Cc1ccccc1-c1ccccc1C. The number of aromatic nitrogens is 3. The van der Waals surface area contributed by atoms with Crippen molar-refractivity contribution in [2.24, 2.45) is 0 Å². The van der Waals surface area contributed by atoms with E-state index in [-0.39, 0.29) is 0 Å². The molecule has 12 rings (SSSR count).